The summed E-state index contributed by atoms with van der Waals surface area (Å²) in [6.07, 6.45) is 0.0883. The predicted octanol–water partition coefficient (Wildman–Crippen LogP) is 4.82. The highest BCUT2D eigenvalue weighted by molar-refractivity contribution is 9.10. The first-order valence-corrected chi connectivity index (χ1v) is 10.6. The zero-order chi connectivity index (χ0) is 19.5. The van der Waals surface area contributed by atoms with Crippen LogP contribution in [0.4, 0.5) is 5.69 Å². The summed E-state index contributed by atoms with van der Waals surface area (Å²) in [7, 11) is 0. The average molecular weight is 457 g/mol. The van der Waals surface area contributed by atoms with Crippen molar-refractivity contribution >= 4 is 39.2 Å². The fourth-order valence-corrected chi connectivity index (χ4v) is 3.68. The Kier molecular flexibility index (Phi) is 5.59. The fourth-order valence-electron chi connectivity index (χ4n) is 2.79. The molecule has 2 heterocycles. The second kappa shape index (κ2) is 8.28. The number of ether oxygens (including phenoxy) is 1. The minimum absolute atomic E-state index is 0.184. The third-order valence-corrected chi connectivity index (χ3v) is 5.71. The summed E-state index contributed by atoms with van der Waals surface area (Å²) in [5.74, 6) is 1.01. The first kappa shape index (κ1) is 18.9. The number of rotatable bonds is 5. The Morgan fingerprint density at radius 1 is 1.18 bits per heavy atom. The van der Waals surface area contributed by atoms with Crippen molar-refractivity contribution in [2.24, 2.45) is 0 Å². The average Bonchev–Trinajstić information content (AvgIpc) is 2.88. The Morgan fingerprint density at radius 2 is 1.96 bits per heavy atom. The number of carbonyl (C=O) groups is 1. The van der Waals surface area contributed by atoms with E-state index in [1.54, 1.807) is 12.1 Å². The van der Waals surface area contributed by atoms with Crippen molar-refractivity contribution in [2.75, 3.05) is 11.1 Å². The molecule has 0 aliphatic carbocycles. The van der Waals surface area contributed by atoms with E-state index in [9.17, 15) is 4.79 Å². The normalized spacial score (nSPS) is 14.9. The Balaban J connectivity index is 1.74. The van der Waals surface area contributed by atoms with Crippen LogP contribution < -0.4 is 10.1 Å². The lowest BCUT2D eigenvalue weighted by molar-refractivity contribution is 0.0823. The molecular weight excluding hydrogens is 440 g/mol. The maximum Gasteiger partial charge on any atom is 0.247 e. The van der Waals surface area contributed by atoms with Crippen LogP contribution in [0.2, 0.25) is 0 Å². The smallest absolute Gasteiger partial charge is 0.247 e. The summed E-state index contributed by atoms with van der Waals surface area (Å²) in [6.45, 7) is 2.09. The van der Waals surface area contributed by atoms with Crippen molar-refractivity contribution in [1.82, 2.24) is 15.2 Å². The molecule has 142 valence electrons. The SMILES string of the molecule is CCCSc1nnc2c(n1)OC(C(=O)c1ccc(Br)cc1)Nc1ccccc1-2. The lowest BCUT2D eigenvalue weighted by atomic mass is 10.1. The summed E-state index contributed by atoms with van der Waals surface area (Å²) in [6, 6.07) is 14.8. The molecule has 0 fully saturated rings. The van der Waals surface area contributed by atoms with Crippen molar-refractivity contribution in [2.45, 2.75) is 24.7 Å². The Bertz CT molecular complexity index is 1010. The number of anilines is 1. The second-order valence-corrected chi connectivity index (χ2v) is 8.13. The molecule has 0 bridgehead atoms. The van der Waals surface area contributed by atoms with Gasteiger partial charge < -0.3 is 10.1 Å². The van der Waals surface area contributed by atoms with E-state index in [1.165, 1.54) is 11.8 Å². The van der Waals surface area contributed by atoms with Gasteiger partial charge in [-0.1, -0.05) is 64.9 Å². The maximum absolute atomic E-state index is 13.1. The van der Waals surface area contributed by atoms with Gasteiger partial charge in [-0.2, -0.15) is 4.98 Å². The number of ketones is 1. The number of hydrogen-bond acceptors (Lipinski definition) is 7. The topological polar surface area (TPSA) is 77.0 Å². The molecule has 8 heteroatoms. The first-order chi connectivity index (χ1) is 13.7. The molecule has 0 saturated carbocycles. The summed E-state index contributed by atoms with van der Waals surface area (Å²) < 4.78 is 6.91. The molecule has 1 N–H and O–H groups in total. The molecule has 4 rings (SSSR count). The largest absolute Gasteiger partial charge is 0.444 e. The highest BCUT2D eigenvalue weighted by Gasteiger charge is 2.30. The zero-order valence-electron chi connectivity index (χ0n) is 15.1. The number of thioether (sulfide) groups is 1. The summed E-state index contributed by atoms with van der Waals surface area (Å²) >= 11 is 4.90. The van der Waals surface area contributed by atoms with Gasteiger partial charge in [0.05, 0.1) is 0 Å². The highest BCUT2D eigenvalue weighted by Crippen LogP contribution is 2.36. The number of carbonyl (C=O) groups excluding carboxylic acids is 1. The monoisotopic (exact) mass is 456 g/mol. The van der Waals surface area contributed by atoms with E-state index in [0.717, 1.165) is 27.9 Å². The van der Waals surface area contributed by atoms with Gasteiger partial charge in [0, 0.05) is 27.0 Å². The van der Waals surface area contributed by atoms with Gasteiger partial charge >= 0.3 is 0 Å². The van der Waals surface area contributed by atoms with Crippen molar-refractivity contribution in [1.29, 1.82) is 0 Å². The second-order valence-electron chi connectivity index (χ2n) is 6.16. The molecule has 2 aromatic carbocycles. The quantitative estimate of drug-likeness (QED) is 0.435. The van der Waals surface area contributed by atoms with Crippen LogP contribution in [0.15, 0.2) is 58.2 Å². The van der Waals surface area contributed by atoms with E-state index in [2.05, 4.69) is 43.4 Å². The molecule has 0 saturated heterocycles. The number of nitrogens with zero attached hydrogens (tertiary/aromatic N) is 3. The van der Waals surface area contributed by atoms with Crippen molar-refractivity contribution in [3.63, 3.8) is 0 Å². The maximum atomic E-state index is 13.1. The minimum atomic E-state index is -0.913. The van der Waals surface area contributed by atoms with E-state index in [0.29, 0.717) is 22.3 Å². The molecule has 28 heavy (non-hydrogen) atoms. The van der Waals surface area contributed by atoms with E-state index in [1.807, 2.05) is 36.4 Å². The molecule has 1 aromatic heterocycles. The van der Waals surface area contributed by atoms with Gasteiger partial charge in [0.1, 0.15) is 0 Å². The Labute approximate surface area is 175 Å². The molecule has 1 unspecified atom stereocenters. The summed E-state index contributed by atoms with van der Waals surface area (Å²) in [5, 5.41) is 12.3. The number of benzene rings is 2. The lowest BCUT2D eigenvalue weighted by Gasteiger charge is -2.17. The van der Waals surface area contributed by atoms with Crippen LogP contribution in [0, 0.1) is 0 Å². The van der Waals surface area contributed by atoms with Crippen LogP contribution >= 0.6 is 27.7 Å². The van der Waals surface area contributed by atoms with Crippen LogP contribution in [0.5, 0.6) is 5.88 Å². The van der Waals surface area contributed by atoms with Crippen LogP contribution in [0.1, 0.15) is 23.7 Å². The van der Waals surface area contributed by atoms with Crippen molar-refractivity contribution in [3.8, 4) is 17.1 Å². The molecule has 1 atom stereocenters. The van der Waals surface area contributed by atoms with Gasteiger partial charge in [0.25, 0.3) is 0 Å². The third-order valence-electron chi connectivity index (χ3n) is 4.14. The minimum Gasteiger partial charge on any atom is -0.444 e. The van der Waals surface area contributed by atoms with Gasteiger partial charge in [0.15, 0.2) is 5.69 Å². The van der Waals surface area contributed by atoms with Gasteiger partial charge in [-0.15, -0.1) is 10.2 Å². The molecule has 0 spiro atoms. The Hall–Kier alpha value is -2.45. The number of halogens is 1. The zero-order valence-corrected chi connectivity index (χ0v) is 17.5. The molecule has 3 aromatic rings. The molecule has 0 amide bonds. The number of para-hydroxylation sites is 1. The molecule has 0 radical (unpaired) electrons. The lowest BCUT2D eigenvalue weighted by Crippen LogP contribution is -2.35. The van der Waals surface area contributed by atoms with Crippen molar-refractivity contribution < 1.29 is 9.53 Å². The Morgan fingerprint density at radius 3 is 2.75 bits per heavy atom. The molecule has 6 nitrogen and oxygen atoms in total. The van der Waals surface area contributed by atoms with Crippen molar-refractivity contribution in [3.05, 3.63) is 58.6 Å². The van der Waals surface area contributed by atoms with Gasteiger partial charge in [-0.25, -0.2) is 0 Å². The highest BCUT2D eigenvalue weighted by atomic mass is 79.9. The molecular formula is C20H17BrN4O2S. The van der Waals surface area contributed by atoms with Crippen LogP contribution in [-0.2, 0) is 0 Å². The standard InChI is InChI=1S/C20H17BrN4O2S/c1-2-11-28-20-23-18-16(24-25-20)14-5-3-4-6-15(14)22-19(27-18)17(26)12-7-9-13(21)10-8-12/h3-10,19,22H,2,11H2,1H3. The summed E-state index contributed by atoms with van der Waals surface area (Å²) in [5.41, 5.74) is 2.62. The van der Waals surface area contributed by atoms with Gasteiger partial charge in [-0.05, 0) is 24.6 Å². The van der Waals surface area contributed by atoms with E-state index in [4.69, 9.17) is 4.74 Å². The number of nitrogens with one attached hydrogen (secondary N) is 1. The number of hydrogen-bond donors (Lipinski definition) is 1. The number of aromatic nitrogens is 3. The molecule has 1 aliphatic rings. The molecule has 1 aliphatic heterocycles. The fraction of sp³-hybridized carbons (Fsp3) is 0.200. The van der Waals surface area contributed by atoms with Gasteiger partial charge in [-0.3, -0.25) is 4.79 Å². The van der Waals surface area contributed by atoms with E-state index < -0.39 is 6.23 Å². The third kappa shape index (κ3) is 3.88. The number of fused-ring (bicyclic) bond motifs is 3. The van der Waals surface area contributed by atoms with E-state index >= 15 is 0 Å². The predicted molar refractivity (Wildman–Crippen MR) is 113 cm³/mol. The van der Waals surface area contributed by atoms with Gasteiger partial charge in [0.2, 0.25) is 23.0 Å². The summed E-state index contributed by atoms with van der Waals surface area (Å²) in [4.78, 5) is 17.6. The van der Waals surface area contributed by atoms with Crippen LogP contribution in [0.25, 0.3) is 11.3 Å². The van der Waals surface area contributed by atoms with Crippen LogP contribution in [-0.4, -0.2) is 32.9 Å². The first-order valence-electron chi connectivity index (χ1n) is 8.85. The number of Topliss-reactive ketones (excluding diaryl/α,β-unsaturated/α-hetero) is 1. The van der Waals surface area contributed by atoms with Crippen LogP contribution in [0.3, 0.4) is 0 Å². The van der Waals surface area contributed by atoms with E-state index in [-0.39, 0.29) is 5.78 Å².